The summed E-state index contributed by atoms with van der Waals surface area (Å²) in [6.07, 6.45) is 2.15. The number of amides is 7. The molecule has 41 heteroatoms. The summed E-state index contributed by atoms with van der Waals surface area (Å²) >= 11 is 0. The van der Waals surface area contributed by atoms with Crippen LogP contribution >= 0.6 is 0 Å². The average Bonchev–Trinajstić information content (AvgIpc) is 1.65. The van der Waals surface area contributed by atoms with Crippen molar-refractivity contribution < 1.29 is 119 Å². The number of carbonyl (C=O) groups is 16. The Morgan fingerprint density at radius 2 is 0.479 bits per heavy atom. The number of nitrogens with one attached hydrogen (secondary N) is 7. The van der Waals surface area contributed by atoms with Gasteiger partial charge in [0, 0.05) is 247 Å². The Balaban J connectivity index is 2.35. The van der Waals surface area contributed by atoms with Crippen LogP contribution in [0.1, 0.15) is 116 Å². The van der Waals surface area contributed by atoms with Crippen LogP contribution in [0.3, 0.4) is 0 Å². The molecule has 0 aromatic carbocycles. The molecule has 2 atom stereocenters. The Labute approximate surface area is 687 Å². The maximum atomic E-state index is 14.1. The Bertz CT molecular complexity index is 2730. The number of nitrogens with zero attached hydrogens (tertiary/aromatic N) is 9. The SMILES string of the molecule is COC(=O)CCC1CC(C(=O)NCCN(CCC(=O)NCCN(CCC(=O)NCCN(CCC(=O)OC)CCC(=O)OC)CCC(=O)NCCN(CCC(=O)OC)CCC(=O)OC)CCC(=O)NCCN(CCC(=O)NCCN(CCC(=O)OC)CCC(=O)OC)CCC(=O)NCCN(CCC(=O)OC)CCC(=O)OC)N2CCCN=C12. The first-order valence-electron chi connectivity index (χ1n) is 40.1. The van der Waals surface area contributed by atoms with Crippen molar-refractivity contribution in [3.05, 3.63) is 0 Å². The molecule has 0 aromatic heterocycles. The molecule has 0 aromatic rings. The molecule has 0 spiro atoms. The summed E-state index contributed by atoms with van der Waals surface area (Å²) in [5.41, 5.74) is 0. The number of carbonyl (C=O) groups excluding carboxylic acids is 16. The molecular formula is C76H132N16O25. The number of hydrogen-bond donors (Lipinski definition) is 7. The first-order chi connectivity index (χ1) is 56.2. The van der Waals surface area contributed by atoms with Crippen LogP contribution < -0.4 is 37.2 Å². The van der Waals surface area contributed by atoms with Crippen LogP contribution in [0.5, 0.6) is 0 Å². The number of rotatable bonds is 67. The number of fused-ring (bicyclic) bond motifs is 1. The Hall–Kier alpha value is -9.29. The third-order valence-electron chi connectivity index (χ3n) is 19.6. The van der Waals surface area contributed by atoms with Gasteiger partial charge in [0.25, 0.3) is 0 Å². The molecule has 117 heavy (non-hydrogen) atoms. The molecule has 666 valence electrons. The van der Waals surface area contributed by atoms with E-state index in [1.807, 2.05) is 39.2 Å². The Morgan fingerprint density at radius 3 is 0.692 bits per heavy atom. The van der Waals surface area contributed by atoms with Crippen molar-refractivity contribution in [1.82, 2.24) is 76.4 Å². The normalized spacial score (nSPS) is 13.6. The lowest BCUT2D eigenvalue weighted by Crippen LogP contribution is -2.48. The lowest BCUT2D eigenvalue weighted by atomic mass is 9.98. The fourth-order valence-corrected chi connectivity index (χ4v) is 12.5. The molecule has 7 N–H and O–H groups in total. The number of hydrogen-bond acceptors (Lipinski definition) is 34. The van der Waals surface area contributed by atoms with Gasteiger partial charge >= 0.3 is 53.7 Å². The summed E-state index contributed by atoms with van der Waals surface area (Å²) in [6, 6.07) is -0.541. The van der Waals surface area contributed by atoms with Crippen molar-refractivity contribution in [3.8, 4) is 0 Å². The molecule has 41 nitrogen and oxygen atoms in total. The van der Waals surface area contributed by atoms with Crippen LogP contribution in [0.25, 0.3) is 0 Å². The van der Waals surface area contributed by atoms with Gasteiger partial charge in [-0.1, -0.05) is 0 Å². The second-order valence-electron chi connectivity index (χ2n) is 27.7. The monoisotopic (exact) mass is 1670 g/mol. The Kier molecular flexibility index (Phi) is 56.6. The van der Waals surface area contributed by atoms with Crippen LogP contribution in [0, 0.1) is 5.92 Å². The van der Waals surface area contributed by atoms with Crippen molar-refractivity contribution in [2.45, 2.75) is 122 Å². The molecule has 0 aliphatic carbocycles. The summed E-state index contributed by atoms with van der Waals surface area (Å²) in [4.78, 5) is 223. The molecule has 0 saturated carbocycles. The van der Waals surface area contributed by atoms with Gasteiger partial charge in [0.2, 0.25) is 41.4 Å². The van der Waals surface area contributed by atoms with Gasteiger partial charge in [-0.3, -0.25) is 81.7 Å². The largest absolute Gasteiger partial charge is 0.469 e. The average molecular weight is 1670 g/mol. The van der Waals surface area contributed by atoms with Gasteiger partial charge in [-0.25, -0.2) is 0 Å². The molecule has 2 unspecified atom stereocenters. The lowest BCUT2D eigenvalue weighted by molar-refractivity contribution is -0.142. The highest BCUT2D eigenvalue weighted by Gasteiger charge is 2.42. The van der Waals surface area contributed by atoms with E-state index in [0.717, 1.165) is 12.3 Å². The summed E-state index contributed by atoms with van der Waals surface area (Å²) in [5, 5.41) is 20.4. The van der Waals surface area contributed by atoms with Gasteiger partial charge in [0.15, 0.2) is 0 Å². The summed E-state index contributed by atoms with van der Waals surface area (Å²) in [6.45, 7) is 7.15. The zero-order chi connectivity index (χ0) is 86.6. The van der Waals surface area contributed by atoms with Crippen LogP contribution in [-0.2, 0) is 119 Å². The molecule has 2 aliphatic heterocycles. The van der Waals surface area contributed by atoms with Gasteiger partial charge in [0.1, 0.15) is 11.9 Å². The summed E-state index contributed by atoms with van der Waals surface area (Å²) in [5.74, 6) is -5.49. The fourth-order valence-electron chi connectivity index (χ4n) is 12.5. The topological polar surface area (TPSA) is 479 Å². The van der Waals surface area contributed by atoms with Gasteiger partial charge in [0.05, 0.1) is 115 Å². The van der Waals surface area contributed by atoms with E-state index in [9.17, 15) is 76.7 Å². The van der Waals surface area contributed by atoms with Crippen molar-refractivity contribution in [3.63, 3.8) is 0 Å². The second kappa shape index (κ2) is 63.8. The van der Waals surface area contributed by atoms with E-state index >= 15 is 0 Å². The molecule has 7 amide bonds. The minimum atomic E-state index is -0.541. The minimum absolute atomic E-state index is 0.00806. The molecule has 1 saturated heterocycles. The maximum Gasteiger partial charge on any atom is 0.306 e. The quantitative estimate of drug-likeness (QED) is 0.0227. The van der Waals surface area contributed by atoms with Gasteiger partial charge in [-0.05, 0) is 19.3 Å². The van der Waals surface area contributed by atoms with E-state index in [-0.39, 0.29) is 307 Å². The van der Waals surface area contributed by atoms with Gasteiger partial charge in [-0.2, -0.15) is 0 Å². The summed E-state index contributed by atoms with van der Waals surface area (Å²) in [7, 11) is 11.5. The van der Waals surface area contributed by atoms with Crippen molar-refractivity contribution >= 4 is 101 Å². The minimum Gasteiger partial charge on any atom is -0.469 e. The van der Waals surface area contributed by atoms with E-state index in [1.54, 1.807) is 0 Å². The van der Waals surface area contributed by atoms with E-state index < -0.39 is 53.8 Å². The first kappa shape index (κ1) is 104. The zero-order valence-electron chi connectivity index (χ0n) is 70.3. The number of ether oxygens (including phenoxy) is 9. The van der Waals surface area contributed by atoms with Crippen LogP contribution in [-0.4, -0.2) is 406 Å². The zero-order valence-corrected chi connectivity index (χ0v) is 70.3. The highest BCUT2D eigenvalue weighted by molar-refractivity contribution is 5.95. The predicted octanol–water partition coefficient (Wildman–Crippen LogP) is -3.79. The molecule has 2 rings (SSSR count). The molecule has 2 heterocycles. The lowest BCUT2D eigenvalue weighted by Gasteiger charge is -2.29. The van der Waals surface area contributed by atoms with Crippen LogP contribution in [0.4, 0.5) is 0 Å². The molecule has 0 radical (unpaired) electrons. The van der Waals surface area contributed by atoms with Gasteiger partial charge in [-0.15, -0.1) is 0 Å². The van der Waals surface area contributed by atoms with Crippen molar-refractivity contribution in [1.29, 1.82) is 0 Å². The van der Waals surface area contributed by atoms with Gasteiger partial charge < -0.3 is 119 Å². The fraction of sp³-hybridized carbons (Fsp3) is 0.776. The van der Waals surface area contributed by atoms with Crippen molar-refractivity contribution in [2.24, 2.45) is 10.9 Å². The molecular weight excluding hydrogens is 1540 g/mol. The number of amidine groups is 1. The van der Waals surface area contributed by atoms with Crippen LogP contribution in [0.2, 0.25) is 0 Å². The molecule has 0 bridgehead atoms. The molecule has 1 fully saturated rings. The second-order valence-corrected chi connectivity index (χ2v) is 27.7. The standard InChI is InChI=1S/C76H132N16O25/c1-109-66(99)12-11-58-57-59(92-35-10-27-83-75(58)92)76(108)84-34-56-87(40-17-64(97)77-28-50-85(36-13-60(93)79-30-52-88(42-19-67(100)110-2)43-20-68(101)111-3)37-14-61(94)80-31-53-89(44-21-69(102)112-4)45-22-70(103)113-5)41-18-65(98)78-29-51-86(38-15-62(95)81-32-54-90(46-23-71(104)114-6)47-24-72(105)115-7)39-16-63(96)82-33-55-91(48-25-73(106)116-8)49-26-74(107)117-9/h58-59H,10-57H2,1-9H3,(H,77,97)(H,78,98)(H,79,93)(H,80,94)(H,81,95)(H,82,96)(H,84,108). The van der Waals surface area contributed by atoms with E-state index in [0.29, 0.717) is 52.1 Å². The first-order valence-corrected chi connectivity index (χ1v) is 40.1. The third kappa shape index (κ3) is 50.2. The Morgan fingerprint density at radius 1 is 0.282 bits per heavy atom. The van der Waals surface area contributed by atoms with E-state index in [2.05, 4.69) is 37.2 Å². The maximum absolute atomic E-state index is 14.1. The number of methoxy groups -OCH3 is 9. The van der Waals surface area contributed by atoms with E-state index in [1.165, 1.54) is 64.0 Å². The number of aliphatic imine (C=N–C) groups is 1. The highest BCUT2D eigenvalue weighted by atomic mass is 16.6. The van der Waals surface area contributed by atoms with Crippen LogP contribution in [0.15, 0.2) is 4.99 Å². The smallest absolute Gasteiger partial charge is 0.306 e. The van der Waals surface area contributed by atoms with E-state index in [4.69, 9.17) is 47.6 Å². The summed E-state index contributed by atoms with van der Waals surface area (Å²) < 4.78 is 43.1. The predicted molar refractivity (Wildman–Crippen MR) is 424 cm³/mol. The third-order valence-corrected chi connectivity index (χ3v) is 19.6. The van der Waals surface area contributed by atoms with Crippen molar-refractivity contribution in [2.75, 3.05) is 260 Å². The molecule has 2 aliphatic rings. The number of esters is 9. The highest BCUT2D eigenvalue weighted by Crippen LogP contribution is 2.32.